The minimum Gasteiger partial charge on any atom is -0.486 e. The lowest BCUT2D eigenvalue weighted by Gasteiger charge is -2.30. The van der Waals surface area contributed by atoms with Gasteiger partial charge >= 0.3 is 0 Å². The largest absolute Gasteiger partial charge is 0.486 e. The molecular formula is C19H26N4O2S. The van der Waals surface area contributed by atoms with Crippen LogP contribution in [0.4, 0.5) is 0 Å². The monoisotopic (exact) mass is 374 g/mol. The SMILES string of the molecule is Cc1ccc(OCc2nnc(SCC(=O)N3CCC[C@H](C)C3)n2C)cc1. The predicted octanol–water partition coefficient (Wildman–Crippen LogP) is 3.05. The Morgan fingerprint density at radius 3 is 2.81 bits per heavy atom. The second-order valence-corrected chi connectivity index (χ2v) is 7.88. The topological polar surface area (TPSA) is 60.3 Å². The number of amides is 1. The van der Waals surface area contributed by atoms with E-state index in [2.05, 4.69) is 17.1 Å². The first-order chi connectivity index (χ1) is 12.5. The number of rotatable bonds is 6. The van der Waals surface area contributed by atoms with Gasteiger partial charge in [0.15, 0.2) is 11.0 Å². The summed E-state index contributed by atoms with van der Waals surface area (Å²) < 4.78 is 7.66. The van der Waals surface area contributed by atoms with Crippen molar-refractivity contribution in [2.24, 2.45) is 13.0 Å². The van der Waals surface area contributed by atoms with Gasteiger partial charge in [-0.2, -0.15) is 0 Å². The highest BCUT2D eigenvalue weighted by molar-refractivity contribution is 7.99. The summed E-state index contributed by atoms with van der Waals surface area (Å²) in [6.45, 7) is 6.34. The van der Waals surface area contributed by atoms with Crippen molar-refractivity contribution < 1.29 is 9.53 Å². The highest BCUT2D eigenvalue weighted by atomic mass is 32.2. The van der Waals surface area contributed by atoms with E-state index >= 15 is 0 Å². The molecule has 26 heavy (non-hydrogen) atoms. The molecule has 1 aliphatic heterocycles. The third-order valence-corrected chi connectivity index (χ3v) is 5.65. The van der Waals surface area contributed by atoms with Gasteiger partial charge in [-0.15, -0.1) is 10.2 Å². The number of likely N-dealkylation sites (tertiary alicyclic amines) is 1. The Kier molecular flexibility index (Phi) is 6.19. The lowest BCUT2D eigenvalue weighted by atomic mass is 10.0. The van der Waals surface area contributed by atoms with Crippen molar-refractivity contribution in [3.8, 4) is 5.75 Å². The molecular weight excluding hydrogens is 348 g/mol. The maximum atomic E-state index is 12.4. The summed E-state index contributed by atoms with van der Waals surface area (Å²) in [5.74, 6) is 2.73. The van der Waals surface area contributed by atoms with Crippen molar-refractivity contribution in [2.75, 3.05) is 18.8 Å². The van der Waals surface area contributed by atoms with Crippen LogP contribution in [0.25, 0.3) is 0 Å². The van der Waals surface area contributed by atoms with Gasteiger partial charge in [0.1, 0.15) is 12.4 Å². The predicted molar refractivity (Wildman–Crippen MR) is 102 cm³/mol. The Morgan fingerprint density at radius 1 is 1.31 bits per heavy atom. The molecule has 2 heterocycles. The second-order valence-electron chi connectivity index (χ2n) is 6.94. The highest BCUT2D eigenvalue weighted by Gasteiger charge is 2.21. The molecule has 2 aromatic rings. The van der Waals surface area contributed by atoms with Crippen molar-refractivity contribution in [1.82, 2.24) is 19.7 Å². The number of carbonyl (C=O) groups is 1. The Hall–Kier alpha value is -2.02. The number of carbonyl (C=O) groups excluding carboxylic acids is 1. The van der Waals surface area contributed by atoms with E-state index in [0.717, 1.165) is 36.2 Å². The van der Waals surface area contributed by atoms with Gasteiger partial charge in [-0.3, -0.25) is 4.79 Å². The molecule has 1 fully saturated rings. The molecule has 0 spiro atoms. The number of nitrogens with zero attached hydrogens (tertiary/aromatic N) is 4. The number of ether oxygens (including phenoxy) is 1. The number of aromatic nitrogens is 3. The van der Waals surface area contributed by atoms with Gasteiger partial charge in [-0.25, -0.2) is 0 Å². The second kappa shape index (κ2) is 8.58. The molecule has 1 aromatic heterocycles. The summed E-state index contributed by atoms with van der Waals surface area (Å²) in [4.78, 5) is 14.4. The average molecular weight is 375 g/mol. The van der Waals surface area contributed by atoms with Crippen LogP contribution in [0.1, 0.15) is 31.2 Å². The normalized spacial score (nSPS) is 17.3. The Labute approximate surface area is 158 Å². The molecule has 7 heteroatoms. The van der Waals surface area contributed by atoms with Crippen molar-refractivity contribution in [3.63, 3.8) is 0 Å². The number of thioether (sulfide) groups is 1. The van der Waals surface area contributed by atoms with Crippen molar-refractivity contribution in [2.45, 2.75) is 38.5 Å². The number of hydrogen-bond acceptors (Lipinski definition) is 5. The van der Waals surface area contributed by atoms with Crippen molar-refractivity contribution in [1.29, 1.82) is 0 Å². The number of hydrogen-bond donors (Lipinski definition) is 0. The van der Waals surface area contributed by atoms with E-state index < -0.39 is 0 Å². The van der Waals surface area contributed by atoms with Crippen LogP contribution in [-0.4, -0.2) is 44.4 Å². The summed E-state index contributed by atoms with van der Waals surface area (Å²) in [5.41, 5.74) is 1.20. The Balaban J connectivity index is 1.51. The molecule has 1 aromatic carbocycles. The first-order valence-corrected chi connectivity index (χ1v) is 10.00. The minimum atomic E-state index is 0.182. The lowest BCUT2D eigenvalue weighted by Crippen LogP contribution is -2.40. The molecule has 1 amide bonds. The number of piperidine rings is 1. The molecule has 0 saturated carbocycles. The summed E-state index contributed by atoms with van der Waals surface area (Å²) in [7, 11) is 1.91. The molecule has 140 valence electrons. The van der Waals surface area contributed by atoms with Crippen LogP contribution >= 0.6 is 11.8 Å². The van der Waals surface area contributed by atoms with Crippen LogP contribution < -0.4 is 4.74 Å². The maximum absolute atomic E-state index is 12.4. The van der Waals surface area contributed by atoms with E-state index in [9.17, 15) is 4.79 Å². The fourth-order valence-electron chi connectivity index (χ4n) is 3.01. The van der Waals surface area contributed by atoms with Gasteiger partial charge in [0.05, 0.1) is 5.75 Å². The molecule has 1 atom stereocenters. The van der Waals surface area contributed by atoms with E-state index in [4.69, 9.17) is 4.74 Å². The third-order valence-electron chi connectivity index (χ3n) is 4.65. The van der Waals surface area contributed by atoms with Gasteiger partial charge in [-0.1, -0.05) is 36.4 Å². The Morgan fingerprint density at radius 2 is 2.08 bits per heavy atom. The molecule has 3 rings (SSSR count). The average Bonchev–Trinajstić information content (AvgIpc) is 2.99. The smallest absolute Gasteiger partial charge is 0.233 e. The van der Waals surface area contributed by atoms with Gasteiger partial charge in [0, 0.05) is 20.1 Å². The minimum absolute atomic E-state index is 0.182. The van der Waals surface area contributed by atoms with E-state index in [-0.39, 0.29) is 5.91 Å². The quantitative estimate of drug-likeness (QED) is 0.727. The van der Waals surface area contributed by atoms with E-state index in [0.29, 0.717) is 18.3 Å². The van der Waals surface area contributed by atoms with Crippen LogP contribution in [-0.2, 0) is 18.4 Å². The third kappa shape index (κ3) is 4.78. The molecule has 0 unspecified atom stereocenters. The molecule has 1 saturated heterocycles. The number of benzene rings is 1. The van der Waals surface area contributed by atoms with E-state index in [1.54, 1.807) is 0 Å². The molecule has 0 radical (unpaired) electrons. The summed E-state index contributed by atoms with van der Waals surface area (Å²) in [6.07, 6.45) is 2.31. The number of aryl methyl sites for hydroxylation is 1. The summed E-state index contributed by atoms with van der Waals surface area (Å²) in [5, 5.41) is 9.13. The standard InChI is InChI=1S/C19H26N4O2S/c1-14-6-8-16(9-7-14)25-12-17-20-21-19(22(17)3)26-13-18(24)23-10-4-5-15(2)11-23/h6-9,15H,4-5,10-13H2,1-3H3/t15-/m0/s1. The first kappa shape index (κ1) is 18.8. The fourth-order valence-corrected chi connectivity index (χ4v) is 3.85. The first-order valence-electron chi connectivity index (χ1n) is 9.01. The maximum Gasteiger partial charge on any atom is 0.233 e. The zero-order chi connectivity index (χ0) is 18.5. The Bertz CT molecular complexity index is 744. The van der Waals surface area contributed by atoms with Gasteiger partial charge in [0.2, 0.25) is 5.91 Å². The van der Waals surface area contributed by atoms with Gasteiger partial charge in [-0.05, 0) is 37.8 Å². The van der Waals surface area contributed by atoms with E-state index in [1.165, 1.54) is 23.7 Å². The lowest BCUT2D eigenvalue weighted by molar-refractivity contribution is -0.130. The van der Waals surface area contributed by atoms with Crippen molar-refractivity contribution in [3.05, 3.63) is 35.7 Å². The van der Waals surface area contributed by atoms with Crippen LogP contribution in [0.15, 0.2) is 29.4 Å². The van der Waals surface area contributed by atoms with Crippen LogP contribution in [0.5, 0.6) is 5.75 Å². The van der Waals surface area contributed by atoms with Crippen LogP contribution in [0.3, 0.4) is 0 Å². The zero-order valence-electron chi connectivity index (χ0n) is 15.6. The summed E-state index contributed by atoms with van der Waals surface area (Å²) >= 11 is 1.44. The van der Waals surface area contributed by atoms with Crippen molar-refractivity contribution >= 4 is 17.7 Å². The van der Waals surface area contributed by atoms with E-state index in [1.807, 2.05) is 47.7 Å². The molecule has 0 bridgehead atoms. The summed E-state index contributed by atoms with van der Waals surface area (Å²) in [6, 6.07) is 7.92. The molecule has 0 N–H and O–H groups in total. The zero-order valence-corrected chi connectivity index (χ0v) is 16.5. The van der Waals surface area contributed by atoms with Gasteiger partial charge < -0.3 is 14.2 Å². The fraction of sp³-hybridized carbons (Fsp3) is 0.526. The molecule has 0 aliphatic carbocycles. The highest BCUT2D eigenvalue weighted by Crippen LogP contribution is 2.20. The van der Waals surface area contributed by atoms with Crippen LogP contribution in [0, 0.1) is 12.8 Å². The molecule has 1 aliphatic rings. The van der Waals surface area contributed by atoms with Crippen LogP contribution in [0.2, 0.25) is 0 Å². The van der Waals surface area contributed by atoms with Gasteiger partial charge in [0.25, 0.3) is 0 Å². The molecule has 6 nitrogen and oxygen atoms in total.